The van der Waals surface area contributed by atoms with Crippen LogP contribution in [-0.4, -0.2) is 5.78 Å². The Hall–Kier alpha value is -0.590. The van der Waals surface area contributed by atoms with E-state index in [0.717, 1.165) is 19.3 Å². The van der Waals surface area contributed by atoms with Gasteiger partial charge in [-0.1, -0.05) is 58.4 Å². The highest BCUT2D eigenvalue weighted by molar-refractivity contribution is 5.89. The quantitative estimate of drug-likeness (QED) is 0.378. The van der Waals surface area contributed by atoms with Crippen molar-refractivity contribution in [1.82, 2.24) is 0 Å². The Balaban J connectivity index is 3.16. The Morgan fingerprint density at radius 3 is 2.13 bits per heavy atom. The summed E-state index contributed by atoms with van der Waals surface area (Å²) in [5, 5.41) is 0. The molecule has 1 nitrogen and oxygen atoms in total. The maximum Gasteiger partial charge on any atom is 0.155 e. The molecule has 1 heteroatoms. The van der Waals surface area contributed by atoms with Crippen LogP contribution in [0, 0.1) is 0 Å². The van der Waals surface area contributed by atoms with Gasteiger partial charge in [-0.15, -0.1) is 0 Å². The van der Waals surface area contributed by atoms with Gasteiger partial charge in [0.25, 0.3) is 0 Å². The van der Waals surface area contributed by atoms with E-state index in [-0.39, 0.29) is 0 Å². The zero-order valence-corrected chi connectivity index (χ0v) is 10.4. The lowest BCUT2D eigenvalue weighted by Gasteiger charge is -1.99. The van der Waals surface area contributed by atoms with E-state index in [2.05, 4.69) is 13.8 Å². The molecule has 0 aromatic rings. The summed E-state index contributed by atoms with van der Waals surface area (Å²) in [6.07, 6.45) is 14.3. The van der Waals surface area contributed by atoms with E-state index in [9.17, 15) is 4.79 Å². The van der Waals surface area contributed by atoms with Gasteiger partial charge in [0, 0.05) is 6.42 Å². The first kappa shape index (κ1) is 14.4. The molecule has 0 aliphatic rings. The van der Waals surface area contributed by atoms with E-state index < -0.39 is 0 Å². The van der Waals surface area contributed by atoms with Crippen molar-refractivity contribution in [2.75, 3.05) is 0 Å². The van der Waals surface area contributed by atoms with Gasteiger partial charge < -0.3 is 0 Å². The molecule has 15 heavy (non-hydrogen) atoms. The number of rotatable bonds is 10. The Labute approximate surface area is 95.0 Å². The molecule has 0 amide bonds. The molecule has 0 bridgehead atoms. The molecule has 0 aliphatic carbocycles. The average molecular weight is 210 g/mol. The number of carbonyl (C=O) groups is 1. The summed E-state index contributed by atoms with van der Waals surface area (Å²) in [5.74, 6) is 0.297. The van der Waals surface area contributed by atoms with Gasteiger partial charge in [-0.05, 0) is 18.9 Å². The summed E-state index contributed by atoms with van der Waals surface area (Å²) in [6.45, 7) is 4.29. The second-order valence-electron chi connectivity index (χ2n) is 4.15. The molecule has 0 aromatic carbocycles. The Bertz CT molecular complexity index is 170. The standard InChI is InChI=1S/C14H26O/c1-3-5-7-8-9-10-11-13-14(15)12-6-4-2/h6,12H,3-5,7-11,13H2,1-2H3/b12-6+. The summed E-state index contributed by atoms with van der Waals surface area (Å²) in [7, 11) is 0. The van der Waals surface area contributed by atoms with Crippen molar-refractivity contribution >= 4 is 5.78 Å². The summed E-state index contributed by atoms with van der Waals surface area (Å²) in [5.41, 5.74) is 0. The van der Waals surface area contributed by atoms with Crippen LogP contribution >= 0.6 is 0 Å². The van der Waals surface area contributed by atoms with E-state index in [1.807, 2.05) is 6.08 Å². The van der Waals surface area contributed by atoms with Crippen LogP contribution in [0.4, 0.5) is 0 Å². The third kappa shape index (κ3) is 11.3. The fourth-order valence-corrected chi connectivity index (χ4v) is 1.59. The number of allylic oxidation sites excluding steroid dienone is 2. The lowest BCUT2D eigenvalue weighted by Crippen LogP contribution is -1.92. The Morgan fingerprint density at radius 2 is 1.53 bits per heavy atom. The van der Waals surface area contributed by atoms with Crippen LogP contribution in [-0.2, 0) is 4.79 Å². The monoisotopic (exact) mass is 210 g/mol. The van der Waals surface area contributed by atoms with Crippen molar-refractivity contribution in [2.24, 2.45) is 0 Å². The Morgan fingerprint density at radius 1 is 0.933 bits per heavy atom. The van der Waals surface area contributed by atoms with Crippen LogP contribution in [0.2, 0.25) is 0 Å². The first-order chi connectivity index (χ1) is 7.31. The van der Waals surface area contributed by atoms with Gasteiger partial charge in [0.15, 0.2) is 5.78 Å². The van der Waals surface area contributed by atoms with E-state index in [1.54, 1.807) is 6.08 Å². The minimum Gasteiger partial charge on any atom is -0.295 e. The lowest BCUT2D eigenvalue weighted by molar-refractivity contribution is -0.114. The molecule has 0 aliphatic heterocycles. The number of ketones is 1. The molecule has 0 saturated heterocycles. The zero-order chi connectivity index (χ0) is 11.4. The predicted molar refractivity (Wildman–Crippen MR) is 67.0 cm³/mol. The molecule has 0 radical (unpaired) electrons. The second kappa shape index (κ2) is 11.5. The van der Waals surface area contributed by atoms with Crippen LogP contribution in [0.15, 0.2) is 12.2 Å². The maximum absolute atomic E-state index is 11.3. The number of hydrogen-bond donors (Lipinski definition) is 0. The SMILES string of the molecule is CC/C=C/C(=O)CCCCCCCCC. The van der Waals surface area contributed by atoms with E-state index in [1.165, 1.54) is 38.5 Å². The van der Waals surface area contributed by atoms with Gasteiger partial charge in [0.2, 0.25) is 0 Å². The molecule has 0 unspecified atom stereocenters. The smallest absolute Gasteiger partial charge is 0.155 e. The predicted octanol–water partition coefficient (Wildman–Crippen LogP) is 4.66. The van der Waals surface area contributed by atoms with E-state index in [0.29, 0.717) is 5.78 Å². The molecule has 88 valence electrons. The molecule has 0 saturated carbocycles. The molecule has 0 rings (SSSR count). The maximum atomic E-state index is 11.3. The van der Waals surface area contributed by atoms with Crippen molar-refractivity contribution < 1.29 is 4.79 Å². The number of carbonyl (C=O) groups excluding carboxylic acids is 1. The number of unbranched alkanes of at least 4 members (excludes halogenated alkanes) is 6. The van der Waals surface area contributed by atoms with Crippen LogP contribution in [0.1, 0.15) is 71.6 Å². The van der Waals surface area contributed by atoms with Gasteiger partial charge in [-0.2, -0.15) is 0 Å². The largest absolute Gasteiger partial charge is 0.295 e. The van der Waals surface area contributed by atoms with Gasteiger partial charge in [0.05, 0.1) is 0 Å². The van der Waals surface area contributed by atoms with Crippen LogP contribution < -0.4 is 0 Å². The fourth-order valence-electron chi connectivity index (χ4n) is 1.59. The van der Waals surface area contributed by atoms with Crippen molar-refractivity contribution in [3.63, 3.8) is 0 Å². The first-order valence-corrected chi connectivity index (χ1v) is 6.50. The average Bonchev–Trinajstić information content (AvgIpc) is 2.25. The van der Waals surface area contributed by atoms with Crippen LogP contribution in [0.5, 0.6) is 0 Å². The second-order valence-corrected chi connectivity index (χ2v) is 4.15. The molecular weight excluding hydrogens is 184 g/mol. The summed E-state index contributed by atoms with van der Waals surface area (Å²) < 4.78 is 0. The Kier molecular flexibility index (Phi) is 11.0. The molecule has 0 spiro atoms. The summed E-state index contributed by atoms with van der Waals surface area (Å²) in [6, 6.07) is 0. The summed E-state index contributed by atoms with van der Waals surface area (Å²) in [4.78, 5) is 11.3. The lowest BCUT2D eigenvalue weighted by atomic mass is 10.1. The van der Waals surface area contributed by atoms with Crippen LogP contribution in [0.3, 0.4) is 0 Å². The third-order valence-electron chi connectivity index (χ3n) is 2.57. The summed E-state index contributed by atoms with van der Waals surface area (Å²) >= 11 is 0. The van der Waals surface area contributed by atoms with Crippen molar-refractivity contribution in [2.45, 2.75) is 71.6 Å². The molecule has 0 N–H and O–H groups in total. The van der Waals surface area contributed by atoms with Crippen molar-refractivity contribution in [1.29, 1.82) is 0 Å². The highest BCUT2D eigenvalue weighted by Crippen LogP contribution is 2.08. The molecule has 0 fully saturated rings. The minimum atomic E-state index is 0.297. The van der Waals surface area contributed by atoms with Crippen molar-refractivity contribution in [3.05, 3.63) is 12.2 Å². The minimum absolute atomic E-state index is 0.297. The molecular formula is C14H26O. The topological polar surface area (TPSA) is 17.1 Å². The molecule has 0 aromatic heterocycles. The van der Waals surface area contributed by atoms with Gasteiger partial charge in [-0.25, -0.2) is 0 Å². The van der Waals surface area contributed by atoms with E-state index >= 15 is 0 Å². The first-order valence-electron chi connectivity index (χ1n) is 6.50. The third-order valence-corrected chi connectivity index (χ3v) is 2.57. The van der Waals surface area contributed by atoms with Gasteiger partial charge in [0.1, 0.15) is 0 Å². The highest BCUT2D eigenvalue weighted by atomic mass is 16.1. The highest BCUT2D eigenvalue weighted by Gasteiger charge is 1.96. The fraction of sp³-hybridized carbons (Fsp3) is 0.786. The van der Waals surface area contributed by atoms with Crippen molar-refractivity contribution in [3.8, 4) is 0 Å². The zero-order valence-electron chi connectivity index (χ0n) is 10.4. The number of hydrogen-bond acceptors (Lipinski definition) is 1. The normalized spacial score (nSPS) is 11.1. The van der Waals surface area contributed by atoms with Gasteiger partial charge in [-0.3, -0.25) is 4.79 Å². The van der Waals surface area contributed by atoms with E-state index in [4.69, 9.17) is 0 Å². The molecule has 0 heterocycles. The molecule has 0 atom stereocenters. The van der Waals surface area contributed by atoms with Gasteiger partial charge >= 0.3 is 0 Å². The van der Waals surface area contributed by atoms with Crippen LogP contribution in [0.25, 0.3) is 0 Å².